The lowest BCUT2D eigenvalue weighted by Crippen LogP contribution is -2.00. The summed E-state index contributed by atoms with van der Waals surface area (Å²) in [6, 6.07) is 6.37. The van der Waals surface area contributed by atoms with Crippen molar-refractivity contribution in [1.82, 2.24) is 0 Å². The molecule has 0 N–H and O–H groups in total. The van der Waals surface area contributed by atoms with Crippen LogP contribution in [0.5, 0.6) is 0 Å². The molecule has 0 fully saturated rings. The number of nitrogens with zero attached hydrogens (tertiary/aromatic N) is 1. The first-order valence-corrected chi connectivity index (χ1v) is 6.06. The molecule has 0 amide bonds. The highest BCUT2D eigenvalue weighted by molar-refractivity contribution is 7.99. The first kappa shape index (κ1) is 13.5. The van der Waals surface area contributed by atoms with Crippen LogP contribution < -0.4 is 0 Å². The number of hydrogen-bond acceptors (Lipinski definition) is 4. The van der Waals surface area contributed by atoms with Crippen LogP contribution in [-0.2, 0) is 9.53 Å². The van der Waals surface area contributed by atoms with Gasteiger partial charge in [-0.1, -0.05) is 6.07 Å². The molecule has 3 nitrogen and oxygen atoms in total. The van der Waals surface area contributed by atoms with Crippen LogP contribution in [0.1, 0.15) is 18.4 Å². The Bertz CT molecular complexity index is 443. The van der Waals surface area contributed by atoms with Crippen LogP contribution in [0.15, 0.2) is 23.1 Å². The average Bonchev–Trinajstić information content (AvgIpc) is 2.34. The number of rotatable bonds is 5. The molecule has 17 heavy (non-hydrogen) atoms. The number of methoxy groups -OCH3 is 1. The summed E-state index contributed by atoms with van der Waals surface area (Å²) < 4.78 is 17.7. The fourth-order valence-corrected chi connectivity index (χ4v) is 2.20. The Morgan fingerprint density at radius 1 is 1.59 bits per heavy atom. The topological polar surface area (TPSA) is 50.1 Å². The fraction of sp³-hybridized carbons (Fsp3) is 0.333. The molecule has 0 spiro atoms. The number of hydrogen-bond donors (Lipinski definition) is 0. The summed E-state index contributed by atoms with van der Waals surface area (Å²) in [6.07, 6.45) is 0.972. The van der Waals surface area contributed by atoms with Crippen molar-refractivity contribution in [2.75, 3.05) is 12.9 Å². The van der Waals surface area contributed by atoms with Crippen LogP contribution in [0, 0.1) is 17.1 Å². The molecule has 0 saturated carbocycles. The maximum atomic E-state index is 13.2. The molecule has 0 atom stereocenters. The van der Waals surface area contributed by atoms with Crippen molar-refractivity contribution < 1.29 is 13.9 Å². The van der Waals surface area contributed by atoms with Gasteiger partial charge in [-0.15, -0.1) is 11.8 Å². The lowest BCUT2D eigenvalue weighted by atomic mass is 10.2. The maximum Gasteiger partial charge on any atom is 0.305 e. The van der Waals surface area contributed by atoms with E-state index in [0.717, 1.165) is 0 Å². The van der Waals surface area contributed by atoms with Gasteiger partial charge in [0.05, 0.1) is 7.11 Å². The van der Waals surface area contributed by atoms with Gasteiger partial charge in [0.1, 0.15) is 17.4 Å². The fourth-order valence-electron chi connectivity index (χ4n) is 1.23. The van der Waals surface area contributed by atoms with Gasteiger partial charge in [-0.25, -0.2) is 4.39 Å². The highest BCUT2D eigenvalue weighted by Gasteiger charge is 2.08. The molecule has 0 bridgehead atoms. The third-order valence-electron chi connectivity index (χ3n) is 2.10. The van der Waals surface area contributed by atoms with E-state index in [0.29, 0.717) is 23.5 Å². The van der Waals surface area contributed by atoms with Gasteiger partial charge in [0.25, 0.3) is 0 Å². The molecule has 0 aromatic heterocycles. The zero-order chi connectivity index (χ0) is 12.7. The van der Waals surface area contributed by atoms with Crippen LogP contribution in [0.3, 0.4) is 0 Å². The van der Waals surface area contributed by atoms with E-state index < -0.39 is 5.82 Å². The van der Waals surface area contributed by atoms with Gasteiger partial charge in [-0.05, 0) is 24.3 Å². The minimum Gasteiger partial charge on any atom is -0.469 e. The molecule has 0 unspecified atom stereocenters. The van der Waals surface area contributed by atoms with Crippen LogP contribution in [-0.4, -0.2) is 18.8 Å². The molecule has 5 heteroatoms. The molecule has 0 aliphatic carbocycles. The summed E-state index contributed by atoms with van der Waals surface area (Å²) >= 11 is 1.37. The number of benzene rings is 1. The lowest BCUT2D eigenvalue weighted by Gasteiger charge is -2.04. The highest BCUT2D eigenvalue weighted by Crippen LogP contribution is 2.25. The smallest absolute Gasteiger partial charge is 0.305 e. The van der Waals surface area contributed by atoms with E-state index >= 15 is 0 Å². The van der Waals surface area contributed by atoms with Gasteiger partial charge in [0.2, 0.25) is 0 Å². The van der Waals surface area contributed by atoms with Crippen molar-refractivity contribution in [3.8, 4) is 6.07 Å². The molecule has 1 aromatic carbocycles. The Balaban J connectivity index is 2.50. The normalized spacial score (nSPS) is 9.71. The summed E-state index contributed by atoms with van der Waals surface area (Å²) in [6.45, 7) is 0. The van der Waals surface area contributed by atoms with Crippen molar-refractivity contribution in [2.45, 2.75) is 17.7 Å². The minimum absolute atomic E-state index is 0.0653. The molecule has 0 radical (unpaired) electrons. The first-order chi connectivity index (χ1) is 8.19. The first-order valence-electron chi connectivity index (χ1n) is 5.07. The zero-order valence-electron chi connectivity index (χ0n) is 9.40. The molecule has 1 rings (SSSR count). The standard InChI is InChI=1S/C12H12FNO2S/c1-16-12(15)6-3-7-17-11-5-2-4-10(13)9(11)8-14/h2,4-5H,3,6-7H2,1H3. The third-order valence-corrected chi connectivity index (χ3v) is 3.24. The number of halogens is 1. The summed E-state index contributed by atoms with van der Waals surface area (Å²) in [5.41, 5.74) is 0.0653. The van der Waals surface area contributed by atoms with Crippen molar-refractivity contribution in [3.63, 3.8) is 0 Å². The zero-order valence-corrected chi connectivity index (χ0v) is 10.2. The largest absolute Gasteiger partial charge is 0.469 e. The number of carbonyl (C=O) groups is 1. The highest BCUT2D eigenvalue weighted by atomic mass is 32.2. The molecular formula is C12H12FNO2S. The maximum absolute atomic E-state index is 13.2. The van der Waals surface area contributed by atoms with E-state index in [9.17, 15) is 9.18 Å². The summed E-state index contributed by atoms with van der Waals surface area (Å²) in [7, 11) is 1.34. The molecular weight excluding hydrogens is 241 g/mol. The Kier molecular flexibility index (Phi) is 5.50. The Hall–Kier alpha value is -1.54. The van der Waals surface area contributed by atoms with Crippen LogP contribution in [0.25, 0.3) is 0 Å². The minimum atomic E-state index is -0.509. The summed E-state index contributed by atoms with van der Waals surface area (Å²) in [5.74, 6) is -0.122. The molecule has 0 heterocycles. The van der Waals surface area contributed by atoms with Crippen LogP contribution >= 0.6 is 11.8 Å². The summed E-state index contributed by atoms with van der Waals surface area (Å²) in [5, 5.41) is 8.80. The van der Waals surface area contributed by atoms with E-state index in [1.54, 1.807) is 12.1 Å². The van der Waals surface area contributed by atoms with Gasteiger partial charge >= 0.3 is 5.97 Å². The van der Waals surface area contributed by atoms with E-state index in [2.05, 4.69) is 4.74 Å². The molecule has 0 aliphatic rings. The van der Waals surface area contributed by atoms with Crippen molar-refractivity contribution in [2.24, 2.45) is 0 Å². The van der Waals surface area contributed by atoms with E-state index in [4.69, 9.17) is 5.26 Å². The monoisotopic (exact) mass is 253 g/mol. The molecule has 1 aromatic rings. The van der Waals surface area contributed by atoms with Gasteiger partial charge in [0.15, 0.2) is 0 Å². The van der Waals surface area contributed by atoms with Gasteiger partial charge < -0.3 is 4.74 Å². The second-order valence-electron chi connectivity index (χ2n) is 3.25. The van der Waals surface area contributed by atoms with Crippen LogP contribution in [0.2, 0.25) is 0 Å². The van der Waals surface area contributed by atoms with E-state index in [1.807, 2.05) is 6.07 Å². The molecule has 90 valence electrons. The SMILES string of the molecule is COC(=O)CCCSc1cccc(F)c1C#N. The number of thioether (sulfide) groups is 1. The van der Waals surface area contributed by atoms with Crippen LogP contribution in [0.4, 0.5) is 4.39 Å². The van der Waals surface area contributed by atoms with E-state index in [-0.39, 0.29) is 11.5 Å². The molecule has 0 saturated heterocycles. The van der Waals surface area contributed by atoms with E-state index in [1.165, 1.54) is 24.9 Å². The average molecular weight is 253 g/mol. The molecule has 0 aliphatic heterocycles. The number of ether oxygens (including phenoxy) is 1. The second kappa shape index (κ2) is 6.92. The van der Waals surface area contributed by atoms with Crippen molar-refractivity contribution >= 4 is 17.7 Å². The quantitative estimate of drug-likeness (QED) is 0.460. The van der Waals surface area contributed by atoms with Gasteiger partial charge in [-0.3, -0.25) is 4.79 Å². The van der Waals surface area contributed by atoms with Gasteiger partial charge in [0, 0.05) is 11.3 Å². The second-order valence-corrected chi connectivity index (χ2v) is 4.39. The van der Waals surface area contributed by atoms with Gasteiger partial charge in [-0.2, -0.15) is 5.26 Å². The third kappa shape index (κ3) is 4.08. The number of esters is 1. The van der Waals surface area contributed by atoms with Crippen molar-refractivity contribution in [1.29, 1.82) is 5.26 Å². The number of nitriles is 1. The predicted molar refractivity (Wildman–Crippen MR) is 63.1 cm³/mol. The Morgan fingerprint density at radius 3 is 3.00 bits per heavy atom. The summed E-state index contributed by atoms with van der Waals surface area (Å²) in [4.78, 5) is 11.5. The Labute approximate surface area is 104 Å². The number of carbonyl (C=O) groups excluding carboxylic acids is 1. The van der Waals surface area contributed by atoms with Crippen molar-refractivity contribution in [3.05, 3.63) is 29.6 Å². The Morgan fingerprint density at radius 2 is 2.35 bits per heavy atom. The predicted octanol–water partition coefficient (Wildman–Crippen LogP) is 2.74. The lowest BCUT2D eigenvalue weighted by molar-refractivity contribution is -0.140.